The summed E-state index contributed by atoms with van der Waals surface area (Å²) >= 11 is 0. The highest BCUT2D eigenvalue weighted by atomic mass is 31.2. The number of aliphatic hydroxyl groups is 1. The minimum Gasteiger partial charge on any atom is -0.463 e. The van der Waals surface area contributed by atoms with E-state index in [0.29, 0.717) is 0 Å². The Kier molecular flexibility index (Phi) is 5.09. The van der Waals surface area contributed by atoms with Crippen LogP contribution in [0, 0.1) is 0 Å². The molecule has 2 N–H and O–H groups in total. The molecule has 0 fully saturated rings. The molecule has 0 aliphatic heterocycles. The van der Waals surface area contributed by atoms with Crippen molar-refractivity contribution in [1.82, 2.24) is 0 Å². The molecule has 0 aromatic rings. The van der Waals surface area contributed by atoms with Crippen LogP contribution in [0.15, 0.2) is 0 Å². The number of quaternary nitrogens is 1. The molecule has 0 rings (SSSR count). The number of aliphatic hydroxyl groups excluding tert-OH is 1. The number of hydrogen-bond acceptors (Lipinski definition) is 6. The lowest BCUT2D eigenvalue weighted by atomic mass is 10.0. The molecule has 0 aliphatic carbocycles. The Morgan fingerprint density at radius 1 is 0.857 bits per heavy atom. The number of carbonyl (C=O) groups excluding carboxylic acids is 1. The highest BCUT2D eigenvalue weighted by Gasteiger charge is 2.24. The van der Waals surface area contributed by atoms with Crippen LogP contribution in [-0.2, 0) is 23.1 Å². The molecular formula is C26H55NO7P+. The van der Waals surface area contributed by atoms with Gasteiger partial charge in [-0.15, -0.1) is 0 Å². The molecule has 2 atom stereocenters. The van der Waals surface area contributed by atoms with Crippen LogP contribution in [0.5, 0.6) is 0 Å². The van der Waals surface area contributed by atoms with E-state index in [1.165, 1.54) is 0 Å². The van der Waals surface area contributed by atoms with Gasteiger partial charge in [-0.1, -0.05) is 96.1 Å². The van der Waals surface area contributed by atoms with Crippen LogP contribution < -0.4 is 0 Å². The minimum absolute atomic E-state index is 0.183. The van der Waals surface area contributed by atoms with Crippen molar-refractivity contribution >= 4 is 13.8 Å². The average molecular weight is 560 g/mol. The fourth-order valence-corrected chi connectivity index (χ4v) is 2.14. The Morgan fingerprint density at radius 2 is 1.34 bits per heavy atom. The molecule has 0 saturated heterocycles. The van der Waals surface area contributed by atoms with Gasteiger partial charge in [-0.05, 0) is 6.37 Å². The molecule has 0 radical (unpaired) electrons. The number of esters is 1. The summed E-state index contributed by atoms with van der Waals surface area (Å²) in [5.41, 5.74) is 0. The first-order chi connectivity index (χ1) is 29.7. The molecule has 0 heterocycles. The molecular weight excluding hydrogens is 469 g/mol. The predicted molar refractivity (Wildman–Crippen MR) is 141 cm³/mol. The summed E-state index contributed by atoms with van der Waals surface area (Å²) in [4.78, 5) is 22.6. The van der Waals surface area contributed by atoms with Gasteiger partial charge < -0.3 is 19.2 Å². The second kappa shape index (κ2) is 21.6. The maximum Gasteiger partial charge on any atom is 0.472 e. The second-order valence-electron chi connectivity index (χ2n) is 6.86. The second-order valence-corrected chi connectivity index (χ2v) is 8.32. The molecule has 8 nitrogen and oxygen atoms in total. The number of nitrogens with zero attached hydrogens (tertiary/aromatic N) is 1. The number of hydrogen-bond donors (Lipinski definition) is 2. The lowest BCUT2D eigenvalue weighted by Gasteiger charge is -2.24. The SMILES string of the molecule is [2H]C([2H])([2H])C([2H])([2H])C([2H])([2H])C([2H])([2H])C([2H])([2H])C([2H])([2H])C([2H])([2H])C([2H])([2H])C([2H])([2H])C([2H])([2H])C([2H])([2H])C([2H])([2H])C([2H])([2H])C([2H])([2H])C([2H])([2H])C([2H])([2H])C([2H])([2H])C(=O)OC[C@@H](O)COP(=O)(O)OCC[N+](C)(C)C. The molecule has 1 unspecified atom stereocenters. The van der Waals surface area contributed by atoms with Gasteiger partial charge in [-0.2, -0.15) is 0 Å². The van der Waals surface area contributed by atoms with Gasteiger partial charge in [-0.3, -0.25) is 13.8 Å². The van der Waals surface area contributed by atoms with Crippen molar-refractivity contribution in [3.8, 4) is 0 Å². The van der Waals surface area contributed by atoms with E-state index in [4.69, 9.17) is 48.0 Å². The molecule has 0 aromatic heterocycles. The van der Waals surface area contributed by atoms with Crippen LogP contribution in [-0.4, -0.2) is 74.1 Å². The third kappa shape index (κ3) is 26.4. The fourth-order valence-electron chi connectivity index (χ4n) is 1.39. The number of ether oxygens (including phenoxy) is 1. The maximum atomic E-state index is 12.8. The summed E-state index contributed by atoms with van der Waals surface area (Å²) in [5.74, 6) is -2.52. The Hall–Kier alpha value is -0.500. The van der Waals surface area contributed by atoms with E-state index in [9.17, 15) is 19.4 Å². The molecule has 9 heteroatoms. The zero-order valence-electron chi connectivity index (χ0n) is 54.2. The lowest BCUT2D eigenvalue weighted by Crippen LogP contribution is -2.37. The molecule has 0 saturated carbocycles. The minimum atomic E-state index is -5.32. The largest absolute Gasteiger partial charge is 0.472 e. The zero-order valence-corrected chi connectivity index (χ0v) is 20.1. The van der Waals surface area contributed by atoms with E-state index in [2.05, 4.69) is 13.8 Å². The number of carbonyl (C=O) groups is 1. The van der Waals surface area contributed by atoms with Crippen molar-refractivity contribution in [3.63, 3.8) is 0 Å². The number of likely N-dealkylation sites (N-methyl/N-ethyl adjacent to an activating group) is 1. The highest BCUT2D eigenvalue weighted by Crippen LogP contribution is 2.43. The number of rotatable bonds is 25. The predicted octanol–water partition coefficient (Wildman–Crippen LogP) is 5.99. The topological polar surface area (TPSA) is 102 Å². The highest BCUT2D eigenvalue weighted by molar-refractivity contribution is 7.47. The monoisotopic (exact) mass is 560 g/mol. The van der Waals surface area contributed by atoms with Crippen LogP contribution in [0.3, 0.4) is 0 Å². The van der Waals surface area contributed by atoms with Crippen molar-refractivity contribution in [2.45, 2.75) is 115 Å². The van der Waals surface area contributed by atoms with Gasteiger partial charge in [0.25, 0.3) is 0 Å². The Bertz CT molecular complexity index is 1910. The average Bonchev–Trinajstić information content (AvgIpc) is 3.13. The van der Waals surface area contributed by atoms with Crippen LogP contribution in [0.4, 0.5) is 0 Å². The number of phosphoric acid groups is 1. The van der Waals surface area contributed by atoms with Crippen molar-refractivity contribution < 1.29 is 85.6 Å². The summed E-state index contributed by atoms with van der Waals surface area (Å²) in [6.45, 7) is -6.97. The molecule has 35 heavy (non-hydrogen) atoms. The van der Waals surface area contributed by atoms with E-state index in [1.807, 2.05) is 0 Å². The smallest absolute Gasteiger partial charge is 0.463 e. The van der Waals surface area contributed by atoms with Gasteiger partial charge in [0.05, 0.1) is 27.7 Å². The Balaban J connectivity index is 7.28. The van der Waals surface area contributed by atoms with Crippen molar-refractivity contribution in [1.29, 1.82) is 0 Å². The van der Waals surface area contributed by atoms with Gasteiger partial charge in [0.15, 0.2) is 0 Å². The molecule has 0 amide bonds. The summed E-state index contributed by atoms with van der Waals surface area (Å²) in [6.07, 6.45) is -83.1. The van der Waals surface area contributed by atoms with E-state index >= 15 is 0 Å². The van der Waals surface area contributed by atoms with Crippen molar-refractivity contribution in [2.75, 3.05) is 47.5 Å². The maximum absolute atomic E-state index is 12.8. The van der Waals surface area contributed by atoms with Gasteiger partial charge in [-0.25, -0.2) is 4.57 Å². The summed E-state index contributed by atoms with van der Waals surface area (Å²) in [5, 5.41) is 10.1. The first-order valence-corrected chi connectivity index (χ1v) is 11.0. The van der Waals surface area contributed by atoms with Crippen LogP contribution in [0.2, 0.25) is 0 Å². The van der Waals surface area contributed by atoms with E-state index in [0.717, 1.165) is 0 Å². The quantitative estimate of drug-likeness (QED) is 0.0804. The summed E-state index contributed by atoms with van der Waals surface area (Å²) < 4.78 is 310. The third-order valence-electron chi connectivity index (χ3n) is 2.89. The Morgan fingerprint density at radius 3 is 1.83 bits per heavy atom. The molecule has 0 bridgehead atoms. The first kappa shape index (κ1) is 8.25. The molecule has 0 spiro atoms. The number of phosphoric ester groups is 1. The first-order valence-electron chi connectivity index (χ1n) is 27.0. The molecule has 0 aromatic carbocycles. The Labute approximate surface area is 264 Å². The zero-order chi connectivity index (χ0) is 57.6. The summed E-state index contributed by atoms with van der Waals surface area (Å²) in [6, 6.07) is 0. The lowest BCUT2D eigenvalue weighted by molar-refractivity contribution is -0.870. The standard InChI is InChI=1S/C26H54NO7P/c1-5-6-7-8-9-10-11-12-13-14-15-16-17-18-19-20-26(29)32-23-25(28)24-34-35(30,31)33-22-21-27(2,3)4/h25,28H,5-24H2,1-4H3/p+1/t25-/m1/s1/i1D3,5D2,6D2,7D2,8D2,9D2,10D2,11D2,12D2,13D2,14D2,15D2,16D2,17D2,18D2,19D2,20D2. The van der Waals surface area contributed by atoms with Gasteiger partial charge in [0, 0.05) is 54.3 Å². The van der Waals surface area contributed by atoms with Gasteiger partial charge in [0.2, 0.25) is 0 Å². The summed E-state index contributed by atoms with van der Waals surface area (Å²) in [7, 11) is 0.211. The van der Waals surface area contributed by atoms with Crippen molar-refractivity contribution in [3.05, 3.63) is 0 Å². The van der Waals surface area contributed by atoms with E-state index in [1.54, 1.807) is 21.1 Å². The normalized spacial score (nSPS) is 36.3. The van der Waals surface area contributed by atoms with Crippen LogP contribution >= 0.6 is 7.82 Å². The van der Waals surface area contributed by atoms with Gasteiger partial charge in [0.1, 0.15) is 25.9 Å². The van der Waals surface area contributed by atoms with Gasteiger partial charge >= 0.3 is 13.8 Å². The van der Waals surface area contributed by atoms with E-state index in [-0.39, 0.29) is 17.6 Å². The van der Waals surface area contributed by atoms with Crippen LogP contribution in [0.1, 0.15) is 157 Å². The third-order valence-corrected chi connectivity index (χ3v) is 3.88. The molecule has 210 valence electrons. The molecule has 0 aliphatic rings. The fraction of sp³-hybridized carbons (Fsp3) is 0.962. The van der Waals surface area contributed by atoms with E-state index < -0.39 is 142 Å². The van der Waals surface area contributed by atoms with Crippen molar-refractivity contribution in [2.24, 2.45) is 0 Å². The van der Waals surface area contributed by atoms with Crippen LogP contribution in [0.25, 0.3) is 0 Å².